The molecule has 0 unspecified atom stereocenters. The molecule has 0 bridgehead atoms. The van der Waals surface area contributed by atoms with Crippen LogP contribution in [0.2, 0.25) is 0 Å². The Hall–Kier alpha value is -2.02. The molecule has 1 aromatic carbocycles. The number of benzene rings is 1. The van der Waals surface area contributed by atoms with Crippen LogP contribution in [0.4, 0.5) is 10.1 Å². The predicted molar refractivity (Wildman–Crippen MR) is 80.2 cm³/mol. The fourth-order valence-electron chi connectivity index (χ4n) is 2.67. The molecule has 1 aromatic rings. The SMILES string of the molecule is CCNCC1CCN(C(=O)c2cc(F)cc([N+](=O)[O-])c2)CC1. The first-order valence-corrected chi connectivity index (χ1v) is 7.46. The maximum absolute atomic E-state index is 13.4. The molecular weight excluding hydrogens is 289 g/mol. The number of likely N-dealkylation sites (tertiary alicyclic amines) is 1. The Balaban J connectivity index is 2.02. The Kier molecular flexibility index (Phi) is 5.43. The third-order valence-corrected chi connectivity index (χ3v) is 3.93. The van der Waals surface area contributed by atoms with Crippen LogP contribution in [0.15, 0.2) is 18.2 Å². The van der Waals surface area contributed by atoms with Gasteiger partial charge in [0.2, 0.25) is 0 Å². The molecule has 1 amide bonds. The van der Waals surface area contributed by atoms with Gasteiger partial charge in [-0.05, 0) is 37.9 Å². The lowest BCUT2D eigenvalue weighted by Gasteiger charge is -2.32. The number of nitro groups is 1. The van der Waals surface area contributed by atoms with Gasteiger partial charge in [0.15, 0.2) is 0 Å². The number of carbonyl (C=O) groups is 1. The molecule has 7 heteroatoms. The quantitative estimate of drug-likeness (QED) is 0.668. The van der Waals surface area contributed by atoms with Crippen molar-refractivity contribution < 1.29 is 14.1 Å². The fraction of sp³-hybridized carbons (Fsp3) is 0.533. The van der Waals surface area contributed by atoms with Crippen molar-refractivity contribution in [2.24, 2.45) is 5.92 Å². The number of nitrogens with one attached hydrogen (secondary N) is 1. The molecule has 0 spiro atoms. The van der Waals surface area contributed by atoms with Gasteiger partial charge < -0.3 is 10.2 Å². The van der Waals surface area contributed by atoms with E-state index in [0.717, 1.165) is 44.1 Å². The molecule has 0 radical (unpaired) electrons. The second-order valence-electron chi connectivity index (χ2n) is 5.50. The summed E-state index contributed by atoms with van der Waals surface area (Å²) in [5.74, 6) is -0.574. The van der Waals surface area contributed by atoms with Crippen LogP contribution in [-0.4, -0.2) is 41.9 Å². The molecule has 1 aliphatic heterocycles. The Labute approximate surface area is 128 Å². The summed E-state index contributed by atoms with van der Waals surface area (Å²) < 4.78 is 13.4. The highest BCUT2D eigenvalue weighted by molar-refractivity contribution is 5.94. The Morgan fingerprint density at radius 1 is 1.41 bits per heavy atom. The monoisotopic (exact) mass is 309 g/mol. The van der Waals surface area contributed by atoms with Gasteiger partial charge in [-0.15, -0.1) is 0 Å². The molecular formula is C15H20FN3O3. The molecule has 1 heterocycles. The highest BCUT2D eigenvalue weighted by Gasteiger charge is 2.25. The van der Waals surface area contributed by atoms with E-state index in [1.54, 1.807) is 4.90 Å². The van der Waals surface area contributed by atoms with E-state index >= 15 is 0 Å². The van der Waals surface area contributed by atoms with Gasteiger partial charge in [-0.3, -0.25) is 14.9 Å². The van der Waals surface area contributed by atoms with Crippen LogP contribution in [-0.2, 0) is 0 Å². The minimum atomic E-state index is -0.764. The van der Waals surface area contributed by atoms with Crippen molar-refractivity contribution in [3.63, 3.8) is 0 Å². The number of non-ortho nitro benzene ring substituents is 1. The first-order chi connectivity index (χ1) is 10.5. The molecule has 1 N–H and O–H groups in total. The summed E-state index contributed by atoms with van der Waals surface area (Å²) in [5, 5.41) is 14.0. The van der Waals surface area contributed by atoms with Crippen molar-refractivity contribution in [2.75, 3.05) is 26.2 Å². The van der Waals surface area contributed by atoms with Gasteiger partial charge in [-0.2, -0.15) is 0 Å². The van der Waals surface area contributed by atoms with Gasteiger partial charge in [0.05, 0.1) is 11.0 Å². The summed E-state index contributed by atoms with van der Waals surface area (Å²) in [6, 6.07) is 3.01. The molecule has 0 saturated carbocycles. The Bertz CT molecular complexity index is 557. The molecule has 1 aliphatic rings. The maximum Gasteiger partial charge on any atom is 0.273 e. The van der Waals surface area contributed by atoms with Gasteiger partial charge >= 0.3 is 0 Å². The lowest BCUT2D eigenvalue weighted by atomic mass is 9.96. The summed E-state index contributed by atoms with van der Waals surface area (Å²) in [5.41, 5.74) is -0.359. The first-order valence-electron chi connectivity index (χ1n) is 7.46. The van der Waals surface area contributed by atoms with E-state index in [0.29, 0.717) is 19.0 Å². The molecule has 0 atom stereocenters. The Morgan fingerprint density at radius 3 is 2.68 bits per heavy atom. The highest BCUT2D eigenvalue weighted by Crippen LogP contribution is 2.21. The Morgan fingerprint density at radius 2 is 2.09 bits per heavy atom. The number of hydrogen-bond donors (Lipinski definition) is 1. The van der Waals surface area contributed by atoms with Crippen molar-refractivity contribution in [1.29, 1.82) is 0 Å². The maximum atomic E-state index is 13.4. The van der Waals surface area contributed by atoms with E-state index in [1.165, 1.54) is 0 Å². The third kappa shape index (κ3) is 4.00. The lowest BCUT2D eigenvalue weighted by molar-refractivity contribution is -0.385. The van der Waals surface area contributed by atoms with Crippen LogP contribution in [0, 0.1) is 21.8 Å². The van der Waals surface area contributed by atoms with Crippen molar-refractivity contribution in [3.8, 4) is 0 Å². The first kappa shape index (κ1) is 16.4. The molecule has 0 aliphatic carbocycles. The largest absolute Gasteiger partial charge is 0.339 e. The number of nitrogens with zero attached hydrogens (tertiary/aromatic N) is 2. The standard InChI is InChI=1S/C15H20FN3O3/c1-2-17-10-11-3-5-18(6-4-11)15(20)12-7-13(16)9-14(8-12)19(21)22/h7-9,11,17H,2-6,10H2,1H3. The van der Waals surface area contributed by atoms with Crippen LogP contribution < -0.4 is 5.32 Å². The average Bonchev–Trinajstić information content (AvgIpc) is 2.52. The van der Waals surface area contributed by atoms with E-state index in [9.17, 15) is 19.3 Å². The molecule has 0 aromatic heterocycles. The third-order valence-electron chi connectivity index (χ3n) is 3.93. The summed E-state index contributed by atoms with van der Waals surface area (Å²) in [7, 11) is 0. The normalized spacial score (nSPS) is 15.8. The fourth-order valence-corrected chi connectivity index (χ4v) is 2.67. The molecule has 1 saturated heterocycles. The smallest absolute Gasteiger partial charge is 0.273 e. The molecule has 1 fully saturated rings. The van der Waals surface area contributed by atoms with E-state index in [1.807, 2.05) is 0 Å². The number of hydrogen-bond acceptors (Lipinski definition) is 4. The minimum absolute atomic E-state index is 0.0387. The predicted octanol–water partition coefficient (Wildman–Crippen LogP) is 2.20. The molecule has 22 heavy (non-hydrogen) atoms. The molecule has 120 valence electrons. The topological polar surface area (TPSA) is 75.5 Å². The van der Waals surface area contributed by atoms with E-state index in [4.69, 9.17) is 0 Å². The van der Waals surface area contributed by atoms with Crippen molar-refractivity contribution in [1.82, 2.24) is 10.2 Å². The van der Waals surface area contributed by atoms with Gasteiger partial charge in [-0.25, -0.2) is 4.39 Å². The van der Waals surface area contributed by atoms with E-state index in [-0.39, 0.29) is 11.5 Å². The van der Waals surface area contributed by atoms with Crippen LogP contribution in [0.25, 0.3) is 0 Å². The number of nitro benzene ring substituents is 1. The summed E-state index contributed by atoms with van der Waals surface area (Å²) in [6.45, 7) is 5.10. The molecule has 2 rings (SSSR count). The summed E-state index contributed by atoms with van der Waals surface area (Å²) in [6.07, 6.45) is 1.77. The summed E-state index contributed by atoms with van der Waals surface area (Å²) >= 11 is 0. The zero-order chi connectivity index (χ0) is 16.1. The number of amides is 1. The van der Waals surface area contributed by atoms with Crippen LogP contribution in [0.3, 0.4) is 0 Å². The number of halogens is 1. The van der Waals surface area contributed by atoms with Crippen molar-refractivity contribution in [3.05, 3.63) is 39.7 Å². The van der Waals surface area contributed by atoms with E-state index < -0.39 is 16.4 Å². The summed E-state index contributed by atoms with van der Waals surface area (Å²) in [4.78, 5) is 24.1. The number of carbonyl (C=O) groups excluding carboxylic acids is 1. The minimum Gasteiger partial charge on any atom is -0.339 e. The lowest BCUT2D eigenvalue weighted by Crippen LogP contribution is -2.40. The average molecular weight is 309 g/mol. The van der Waals surface area contributed by atoms with Gasteiger partial charge in [0.1, 0.15) is 5.82 Å². The van der Waals surface area contributed by atoms with Gasteiger partial charge in [0.25, 0.3) is 11.6 Å². The number of piperidine rings is 1. The van der Waals surface area contributed by atoms with Crippen LogP contribution in [0.1, 0.15) is 30.1 Å². The van der Waals surface area contributed by atoms with Gasteiger partial charge in [0, 0.05) is 24.7 Å². The van der Waals surface area contributed by atoms with Crippen LogP contribution >= 0.6 is 0 Å². The van der Waals surface area contributed by atoms with Crippen molar-refractivity contribution >= 4 is 11.6 Å². The second kappa shape index (κ2) is 7.31. The van der Waals surface area contributed by atoms with Gasteiger partial charge in [-0.1, -0.05) is 6.92 Å². The highest BCUT2D eigenvalue weighted by atomic mass is 19.1. The molecule has 6 nitrogen and oxygen atoms in total. The number of rotatable bonds is 5. The van der Waals surface area contributed by atoms with Crippen molar-refractivity contribution in [2.45, 2.75) is 19.8 Å². The zero-order valence-corrected chi connectivity index (χ0v) is 12.5. The second-order valence-corrected chi connectivity index (χ2v) is 5.50. The van der Waals surface area contributed by atoms with E-state index in [2.05, 4.69) is 12.2 Å². The van der Waals surface area contributed by atoms with Crippen LogP contribution in [0.5, 0.6) is 0 Å². The zero-order valence-electron chi connectivity index (χ0n) is 12.5.